The Morgan fingerprint density at radius 3 is 2.57 bits per heavy atom. The molecule has 0 spiro atoms. The van der Waals surface area contributed by atoms with Crippen molar-refractivity contribution in [1.82, 2.24) is 5.32 Å². The second-order valence-electron chi connectivity index (χ2n) is 5.35. The monoisotopic (exact) mass is 335 g/mol. The van der Waals surface area contributed by atoms with Gasteiger partial charge in [-0.15, -0.1) is 12.4 Å². The summed E-state index contributed by atoms with van der Waals surface area (Å²) in [6.07, 6.45) is -0.444. The molecular weight excluding hydrogens is 317 g/mol. The van der Waals surface area contributed by atoms with Gasteiger partial charge in [0.25, 0.3) is 0 Å². The number of rotatable bonds is 3. The van der Waals surface area contributed by atoms with E-state index in [0.717, 1.165) is 5.56 Å². The van der Waals surface area contributed by atoms with Crippen LogP contribution in [0.15, 0.2) is 12.1 Å². The molecule has 1 N–H and O–H groups in total. The van der Waals surface area contributed by atoms with Crippen molar-refractivity contribution in [2.45, 2.75) is 19.9 Å². The molecule has 118 valence electrons. The van der Waals surface area contributed by atoms with Gasteiger partial charge in [0.15, 0.2) is 11.5 Å². The van der Waals surface area contributed by atoms with Crippen LogP contribution in [-0.4, -0.2) is 26.9 Å². The lowest BCUT2D eigenvalue weighted by Gasteiger charge is -2.39. The van der Waals surface area contributed by atoms with E-state index >= 15 is 0 Å². The van der Waals surface area contributed by atoms with Crippen LogP contribution in [0.4, 0.5) is 4.79 Å². The summed E-state index contributed by atoms with van der Waals surface area (Å²) < 4.78 is 15.5. The average Bonchev–Trinajstić information content (AvgIpc) is 2.41. The topological polar surface area (TPSA) is 56.8 Å². The summed E-state index contributed by atoms with van der Waals surface area (Å²) >= 11 is 6.40. The summed E-state index contributed by atoms with van der Waals surface area (Å²) in [4.78, 5) is 11.5. The van der Waals surface area contributed by atoms with E-state index in [4.69, 9.17) is 25.8 Å². The van der Waals surface area contributed by atoms with Crippen LogP contribution in [0.25, 0.3) is 0 Å². The molecule has 1 aliphatic heterocycles. The van der Waals surface area contributed by atoms with E-state index < -0.39 is 6.09 Å². The number of hydrogen-bond donors (Lipinski definition) is 1. The summed E-state index contributed by atoms with van der Waals surface area (Å²) in [7, 11) is 3.08. The molecule has 0 aliphatic carbocycles. The molecule has 1 saturated heterocycles. The lowest BCUT2D eigenvalue weighted by Crippen LogP contribution is -2.47. The lowest BCUT2D eigenvalue weighted by atomic mass is 9.80. The van der Waals surface area contributed by atoms with Gasteiger partial charge in [-0.2, -0.15) is 0 Å². The Morgan fingerprint density at radius 1 is 1.33 bits per heavy atom. The Kier molecular flexibility index (Phi) is 5.59. The van der Waals surface area contributed by atoms with E-state index in [-0.39, 0.29) is 23.9 Å². The second kappa shape index (κ2) is 6.62. The van der Waals surface area contributed by atoms with Crippen molar-refractivity contribution < 1.29 is 19.0 Å². The summed E-state index contributed by atoms with van der Waals surface area (Å²) in [5.41, 5.74) is 0.503. The first-order chi connectivity index (χ1) is 9.40. The second-order valence-corrected chi connectivity index (χ2v) is 5.72. The first kappa shape index (κ1) is 17.7. The smallest absolute Gasteiger partial charge is 0.407 e. The average molecular weight is 336 g/mol. The molecule has 1 aromatic rings. The number of carbonyl (C=O) groups excluding carboxylic acids is 1. The molecule has 0 aromatic heterocycles. The maximum Gasteiger partial charge on any atom is 0.407 e. The van der Waals surface area contributed by atoms with Crippen molar-refractivity contribution in [2.75, 3.05) is 20.8 Å². The molecule has 2 rings (SSSR count). The zero-order valence-electron chi connectivity index (χ0n) is 12.4. The van der Waals surface area contributed by atoms with Crippen LogP contribution < -0.4 is 14.8 Å². The number of benzene rings is 1. The molecule has 0 saturated carbocycles. The Bertz CT molecular complexity index is 534. The number of methoxy groups -OCH3 is 2. The molecule has 1 heterocycles. The van der Waals surface area contributed by atoms with Gasteiger partial charge in [-0.1, -0.05) is 31.5 Å². The molecular formula is C14H19Cl2NO4. The van der Waals surface area contributed by atoms with Crippen LogP contribution in [0, 0.1) is 5.41 Å². The Labute approximate surface area is 135 Å². The summed E-state index contributed by atoms with van der Waals surface area (Å²) in [5, 5.41) is 3.25. The Hall–Kier alpha value is -1.33. The predicted octanol–water partition coefficient (Wildman–Crippen LogP) is 3.59. The molecule has 1 aromatic carbocycles. The zero-order valence-corrected chi connectivity index (χ0v) is 13.9. The molecule has 21 heavy (non-hydrogen) atoms. The van der Waals surface area contributed by atoms with Crippen molar-refractivity contribution >= 4 is 30.1 Å². The quantitative estimate of drug-likeness (QED) is 0.917. The molecule has 0 bridgehead atoms. The summed E-state index contributed by atoms with van der Waals surface area (Å²) in [5.74, 6) is 1.01. The van der Waals surface area contributed by atoms with Gasteiger partial charge in [0.05, 0.1) is 25.3 Å². The van der Waals surface area contributed by atoms with Crippen LogP contribution in [0.3, 0.4) is 0 Å². The molecule has 1 aliphatic rings. The molecule has 5 nitrogen and oxygen atoms in total. The van der Waals surface area contributed by atoms with Gasteiger partial charge in [0, 0.05) is 5.41 Å². The van der Waals surface area contributed by atoms with E-state index in [2.05, 4.69) is 5.32 Å². The predicted molar refractivity (Wildman–Crippen MR) is 82.8 cm³/mol. The fourth-order valence-electron chi connectivity index (χ4n) is 2.32. The molecule has 0 unspecified atom stereocenters. The number of hydrogen-bond acceptors (Lipinski definition) is 4. The molecule has 0 radical (unpaired) electrons. The number of amides is 1. The van der Waals surface area contributed by atoms with E-state index in [0.29, 0.717) is 23.1 Å². The SMILES string of the molecule is COc1ccc([C@@H]2NC(=O)OCC2(C)C)c(Cl)c1OC.Cl. The van der Waals surface area contributed by atoms with Gasteiger partial charge in [0.1, 0.15) is 6.61 Å². The minimum atomic E-state index is -0.444. The highest BCUT2D eigenvalue weighted by Crippen LogP contribution is 2.45. The van der Waals surface area contributed by atoms with Crippen LogP contribution >= 0.6 is 24.0 Å². The van der Waals surface area contributed by atoms with Gasteiger partial charge < -0.3 is 19.5 Å². The number of halogens is 2. The third-order valence-corrected chi connectivity index (χ3v) is 3.83. The number of cyclic esters (lactones) is 1. The van der Waals surface area contributed by atoms with Crippen molar-refractivity contribution in [2.24, 2.45) is 5.41 Å². The van der Waals surface area contributed by atoms with Gasteiger partial charge in [-0.3, -0.25) is 0 Å². The van der Waals surface area contributed by atoms with E-state index in [1.54, 1.807) is 13.2 Å². The van der Waals surface area contributed by atoms with Gasteiger partial charge in [-0.05, 0) is 11.6 Å². The molecule has 1 fully saturated rings. The highest BCUT2D eigenvalue weighted by atomic mass is 35.5. The normalized spacial score (nSPS) is 19.9. The number of ether oxygens (including phenoxy) is 3. The first-order valence-corrected chi connectivity index (χ1v) is 6.62. The maximum absolute atomic E-state index is 11.5. The molecule has 1 atom stereocenters. The lowest BCUT2D eigenvalue weighted by molar-refractivity contribution is 0.0387. The Morgan fingerprint density at radius 2 is 2.00 bits per heavy atom. The first-order valence-electron chi connectivity index (χ1n) is 6.24. The van der Waals surface area contributed by atoms with Crippen LogP contribution in [0.2, 0.25) is 5.02 Å². The van der Waals surface area contributed by atoms with E-state index in [1.807, 2.05) is 19.9 Å². The van der Waals surface area contributed by atoms with Crippen molar-refractivity contribution in [3.05, 3.63) is 22.7 Å². The van der Waals surface area contributed by atoms with E-state index in [9.17, 15) is 4.79 Å². The molecule has 1 amide bonds. The minimum absolute atomic E-state index is 0. The Balaban J connectivity index is 0.00000220. The number of carbonyl (C=O) groups is 1. The van der Waals surface area contributed by atoms with Crippen LogP contribution in [0.5, 0.6) is 11.5 Å². The fourth-order valence-corrected chi connectivity index (χ4v) is 2.66. The largest absolute Gasteiger partial charge is 0.493 e. The van der Waals surface area contributed by atoms with Gasteiger partial charge in [0.2, 0.25) is 0 Å². The fraction of sp³-hybridized carbons (Fsp3) is 0.500. The van der Waals surface area contributed by atoms with Gasteiger partial charge in [-0.25, -0.2) is 4.79 Å². The van der Waals surface area contributed by atoms with Crippen molar-refractivity contribution in [3.63, 3.8) is 0 Å². The summed E-state index contributed by atoms with van der Waals surface area (Å²) in [6.45, 7) is 4.34. The van der Waals surface area contributed by atoms with Crippen LogP contribution in [0.1, 0.15) is 25.5 Å². The maximum atomic E-state index is 11.5. The number of nitrogens with one attached hydrogen (secondary N) is 1. The number of alkyl carbamates (subject to hydrolysis) is 1. The zero-order chi connectivity index (χ0) is 14.9. The standard InChI is InChI=1S/C14H18ClNO4.ClH/c1-14(2)7-20-13(17)16-12(14)8-5-6-9(18-3)11(19-4)10(8)15;/h5-6,12H,7H2,1-4H3,(H,16,17);1H/t12-;/m0./s1. The van der Waals surface area contributed by atoms with Crippen LogP contribution in [-0.2, 0) is 4.74 Å². The highest BCUT2D eigenvalue weighted by Gasteiger charge is 2.39. The van der Waals surface area contributed by atoms with Gasteiger partial charge >= 0.3 is 6.09 Å². The molecule has 7 heteroatoms. The van der Waals surface area contributed by atoms with Crippen molar-refractivity contribution in [3.8, 4) is 11.5 Å². The van der Waals surface area contributed by atoms with E-state index in [1.165, 1.54) is 7.11 Å². The third-order valence-electron chi connectivity index (χ3n) is 3.44. The van der Waals surface area contributed by atoms with Crippen molar-refractivity contribution in [1.29, 1.82) is 0 Å². The highest BCUT2D eigenvalue weighted by molar-refractivity contribution is 6.33. The summed E-state index contributed by atoms with van der Waals surface area (Å²) in [6, 6.07) is 3.36. The minimum Gasteiger partial charge on any atom is -0.493 e. The third kappa shape index (κ3) is 3.30.